The summed E-state index contributed by atoms with van der Waals surface area (Å²) in [6, 6.07) is 33.1. The highest BCUT2D eigenvalue weighted by atomic mass is 127. The first-order valence-electron chi connectivity index (χ1n) is 14.5. The molecule has 4 heterocycles. The number of rotatable bonds is 10. The average molecular weight is 825 g/mol. The minimum atomic E-state index is -1.30. The molecule has 6 rings (SSSR count). The number of pyridine rings is 2. The van der Waals surface area contributed by atoms with Gasteiger partial charge in [0.25, 0.3) is 0 Å². The van der Waals surface area contributed by atoms with Crippen LogP contribution in [-0.2, 0) is 18.0 Å². The third-order valence-electron chi connectivity index (χ3n) is 6.27. The summed E-state index contributed by atoms with van der Waals surface area (Å²) in [5, 5.41) is 29.7. The summed E-state index contributed by atoms with van der Waals surface area (Å²) in [6.07, 6.45) is 0. The Morgan fingerprint density at radius 1 is 0.720 bits per heavy atom. The SMILES string of the molecule is C.COC(=O)c1cccc(COc2ccc(I)cc2)n1.O=C(O)c1cccc(COc2ccc(-c3cccs3)cc2)n1.OB(O)c1cccs1. The number of esters is 1. The van der Waals surface area contributed by atoms with Crippen molar-refractivity contribution in [3.63, 3.8) is 0 Å². The summed E-state index contributed by atoms with van der Waals surface area (Å²) in [6.45, 7) is 0.547. The summed E-state index contributed by atoms with van der Waals surface area (Å²) in [5.74, 6) is 0.00628. The predicted octanol–water partition coefficient (Wildman–Crippen LogP) is 7.20. The van der Waals surface area contributed by atoms with E-state index in [2.05, 4.69) is 43.4 Å². The van der Waals surface area contributed by atoms with Gasteiger partial charge >= 0.3 is 19.1 Å². The number of nitrogens with zero attached hydrogens (tertiary/aromatic N) is 2. The van der Waals surface area contributed by atoms with Crippen LogP contribution in [0.4, 0.5) is 0 Å². The molecule has 0 aliphatic rings. The van der Waals surface area contributed by atoms with E-state index in [9.17, 15) is 9.59 Å². The van der Waals surface area contributed by atoms with Gasteiger partial charge in [0.1, 0.15) is 36.1 Å². The van der Waals surface area contributed by atoms with Gasteiger partial charge in [-0.3, -0.25) is 0 Å². The van der Waals surface area contributed by atoms with Gasteiger partial charge in [-0.25, -0.2) is 19.6 Å². The van der Waals surface area contributed by atoms with Crippen molar-refractivity contribution in [1.29, 1.82) is 0 Å². The van der Waals surface area contributed by atoms with Crippen molar-refractivity contribution < 1.29 is 39.0 Å². The fraction of sp³-hybridized carbons (Fsp3) is 0.111. The number of aromatic carboxylic acids is 1. The van der Waals surface area contributed by atoms with E-state index in [1.807, 2.05) is 60.0 Å². The van der Waals surface area contributed by atoms with Gasteiger partial charge in [-0.2, -0.15) is 11.3 Å². The van der Waals surface area contributed by atoms with Crippen molar-refractivity contribution in [3.8, 4) is 21.9 Å². The number of hydrogen-bond acceptors (Lipinski definition) is 11. The minimum absolute atomic E-state index is 0. The molecule has 4 aromatic heterocycles. The van der Waals surface area contributed by atoms with Gasteiger partial charge in [0, 0.05) is 13.2 Å². The third-order valence-corrected chi connectivity index (χ3v) is 8.82. The molecule has 0 atom stereocenters. The zero-order valence-corrected chi connectivity index (χ0v) is 29.8. The van der Waals surface area contributed by atoms with Gasteiger partial charge in [0.2, 0.25) is 0 Å². The zero-order chi connectivity index (χ0) is 35.0. The van der Waals surface area contributed by atoms with E-state index in [1.165, 1.54) is 29.4 Å². The number of hydrogen-bond donors (Lipinski definition) is 3. The van der Waals surface area contributed by atoms with E-state index in [0.717, 1.165) is 20.6 Å². The van der Waals surface area contributed by atoms with E-state index < -0.39 is 19.1 Å². The molecule has 0 saturated carbocycles. The summed E-state index contributed by atoms with van der Waals surface area (Å²) in [4.78, 5) is 31.6. The molecule has 3 N–H and O–H groups in total. The van der Waals surface area contributed by atoms with Crippen LogP contribution in [0.25, 0.3) is 10.4 Å². The maximum Gasteiger partial charge on any atom is 0.499 e. The molecule has 6 aromatic rings. The van der Waals surface area contributed by atoms with Crippen molar-refractivity contribution >= 4 is 69.1 Å². The van der Waals surface area contributed by atoms with E-state index in [1.54, 1.807) is 59.2 Å². The standard InChI is InChI=1S/C17H13NO3S.C14H12INO3.C4H5BO2S.CH4/c19-17(20)15-4-1-3-13(18-15)11-21-14-8-6-12(7-9-14)16-5-2-10-22-16;1-18-14(17)13-4-2-3-11(16-13)9-19-12-7-5-10(15)6-8-12;6-5(7)4-2-1-3-8-4;/h1-10H,11H2,(H,19,20);2-8H,9H2,1H3;1-3,6-7H;1H4. The monoisotopic (exact) mass is 824 g/mol. The number of methoxy groups -OCH3 is 1. The fourth-order valence-corrected chi connectivity index (χ4v) is 5.58. The Hall–Kier alpha value is -4.61. The van der Waals surface area contributed by atoms with Gasteiger partial charge in [-0.15, -0.1) is 11.3 Å². The zero-order valence-electron chi connectivity index (χ0n) is 26.0. The van der Waals surface area contributed by atoms with Crippen LogP contribution in [0.5, 0.6) is 11.5 Å². The largest absolute Gasteiger partial charge is 0.499 e. The molecule has 0 spiro atoms. The second-order valence-electron chi connectivity index (χ2n) is 9.75. The van der Waals surface area contributed by atoms with Crippen molar-refractivity contribution in [2.75, 3.05) is 7.11 Å². The molecule has 0 fully saturated rings. The molecule has 0 amide bonds. The Morgan fingerprint density at radius 3 is 1.74 bits per heavy atom. The predicted molar refractivity (Wildman–Crippen MR) is 205 cm³/mol. The van der Waals surface area contributed by atoms with Crippen LogP contribution in [0.2, 0.25) is 0 Å². The third kappa shape index (κ3) is 13.0. The van der Waals surface area contributed by atoms with E-state index in [4.69, 9.17) is 24.6 Å². The van der Waals surface area contributed by atoms with Crippen molar-refractivity contribution in [1.82, 2.24) is 9.97 Å². The first-order valence-corrected chi connectivity index (χ1v) is 17.3. The number of thiophene rings is 2. The van der Waals surface area contributed by atoms with Gasteiger partial charge in [0.05, 0.1) is 18.5 Å². The van der Waals surface area contributed by atoms with Crippen LogP contribution < -0.4 is 14.3 Å². The summed E-state index contributed by atoms with van der Waals surface area (Å²) in [7, 11) is 0.0358. The number of carboxylic acids is 1. The van der Waals surface area contributed by atoms with Crippen LogP contribution in [0.1, 0.15) is 39.8 Å². The molecule has 2 aromatic carbocycles. The number of benzene rings is 2. The Labute approximate surface area is 312 Å². The first-order chi connectivity index (χ1) is 23.7. The highest BCUT2D eigenvalue weighted by Crippen LogP contribution is 2.26. The average Bonchev–Trinajstić information content (AvgIpc) is 3.88. The number of halogens is 1. The molecule has 0 unspecified atom stereocenters. The number of carbonyl (C=O) groups excluding carboxylic acids is 1. The van der Waals surface area contributed by atoms with Gasteiger partial charge in [-0.05, 0) is 118 Å². The molecule has 0 saturated heterocycles. The molecule has 0 aliphatic carbocycles. The summed E-state index contributed by atoms with van der Waals surface area (Å²) >= 11 is 5.25. The number of carbonyl (C=O) groups is 2. The molecular weight excluding hydrogens is 790 g/mol. The Morgan fingerprint density at radius 2 is 1.26 bits per heavy atom. The summed E-state index contributed by atoms with van der Waals surface area (Å²) < 4.78 is 17.6. The summed E-state index contributed by atoms with van der Waals surface area (Å²) in [5.41, 5.74) is 2.72. The second kappa shape index (κ2) is 20.8. The van der Waals surface area contributed by atoms with Crippen molar-refractivity contribution in [2.45, 2.75) is 20.6 Å². The highest BCUT2D eigenvalue weighted by molar-refractivity contribution is 14.1. The minimum Gasteiger partial charge on any atom is -0.487 e. The molecule has 14 heteroatoms. The van der Waals surface area contributed by atoms with Crippen molar-refractivity contribution in [2.24, 2.45) is 0 Å². The first kappa shape index (κ1) is 39.8. The molecule has 0 aliphatic heterocycles. The maximum atomic E-state index is 11.4. The molecule has 10 nitrogen and oxygen atoms in total. The topological polar surface area (TPSA) is 148 Å². The van der Waals surface area contributed by atoms with E-state index in [0.29, 0.717) is 22.8 Å². The molecule has 258 valence electrons. The lowest BCUT2D eigenvalue weighted by atomic mass is 9.90. The lowest BCUT2D eigenvalue weighted by Gasteiger charge is -2.07. The van der Waals surface area contributed by atoms with Crippen molar-refractivity contribution in [3.05, 3.63) is 146 Å². The van der Waals surface area contributed by atoms with Crippen LogP contribution in [0, 0.1) is 3.57 Å². The van der Waals surface area contributed by atoms with E-state index >= 15 is 0 Å². The Bertz CT molecular complexity index is 1890. The molecule has 0 bridgehead atoms. The number of carboxylic acid groups (broad SMARTS) is 1. The normalized spacial score (nSPS) is 9.84. The lowest BCUT2D eigenvalue weighted by molar-refractivity contribution is 0.0592. The van der Waals surface area contributed by atoms with Gasteiger partial charge in [0.15, 0.2) is 0 Å². The Kier molecular flexibility index (Phi) is 16.6. The lowest BCUT2D eigenvalue weighted by Crippen LogP contribution is -2.26. The fourth-order valence-electron chi connectivity index (χ4n) is 3.90. The molecular formula is C36H34BIN2O8S2. The quantitative estimate of drug-likeness (QED) is 0.0736. The highest BCUT2D eigenvalue weighted by Gasteiger charge is 2.10. The Balaban J connectivity index is 0.000000220. The number of ether oxygens (including phenoxy) is 3. The number of aromatic nitrogens is 2. The van der Waals surface area contributed by atoms with E-state index in [-0.39, 0.29) is 25.4 Å². The second-order valence-corrected chi connectivity index (χ2v) is 12.9. The maximum absolute atomic E-state index is 11.4. The smallest absolute Gasteiger partial charge is 0.487 e. The van der Waals surface area contributed by atoms with Crippen LogP contribution >= 0.6 is 45.3 Å². The van der Waals surface area contributed by atoms with Crippen LogP contribution in [0.3, 0.4) is 0 Å². The van der Waals surface area contributed by atoms with Crippen LogP contribution in [-0.4, -0.2) is 51.3 Å². The van der Waals surface area contributed by atoms with Gasteiger partial charge in [-0.1, -0.05) is 37.8 Å². The molecule has 50 heavy (non-hydrogen) atoms. The van der Waals surface area contributed by atoms with Crippen LogP contribution in [0.15, 0.2) is 120 Å². The molecule has 0 radical (unpaired) electrons. The van der Waals surface area contributed by atoms with Gasteiger partial charge < -0.3 is 29.4 Å².